The lowest BCUT2D eigenvalue weighted by Crippen LogP contribution is -2.48. The van der Waals surface area contributed by atoms with E-state index in [1.807, 2.05) is 4.90 Å². The minimum atomic E-state index is 0.0686. The smallest absolute Gasteiger partial charge is 0.248 e. The number of nitrogens with zero attached hydrogens (tertiary/aromatic N) is 2. The third kappa shape index (κ3) is 4.61. The molecule has 5 nitrogen and oxygen atoms in total. The summed E-state index contributed by atoms with van der Waals surface area (Å²) in [6, 6.07) is 0.337. The van der Waals surface area contributed by atoms with Crippen LogP contribution in [0.4, 0.5) is 0 Å². The predicted octanol–water partition coefficient (Wildman–Crippen LogP) is 0.202. The molecule has 1 heterocycles. The van der Waals surface area contributed by atoms with Gasteiger partial charge in [0.1, 0.15) is 6.61 Å². The van der Waals surface area contributed by atoms with Gasteiger partial charge in [-0.3, -0.25) is 4.79 Å². The Balaban J connectivity index is 2.52. The highest BCUT2D eigenvalue weighted by Gasteiger charge is 2.26. The fourth-order valence-electron chi connectivity index (χ4n) is 2.21. The fraction of sp³-hybridized carbons (Fsp3) is 0.917. The zero-order valence-corrected chi connectivity index (χ0v) is 11.1. The Morgan fingerprint density at radius 3 is 2.47 bits per heavy atom. The molecule has 1 aliphatic rings. The van der Waals surface area contributed by atoms with Crippen LogP contribution >= 0.6 is 0 Å². The molecule has 0 aliphatic carbocycles. The second-order valence-corrected chi connectivity index (χ2v) is 4.55. The summed E-state index contributed by atoms with van der Waals surface area (Å²) in [5.74, 6) is 0.0686. The van der Waals surface area contributed by atoms with Gasteiger partial charge in [-0.1, -0.05) is 0 Å². The maximum Gasteiger partial charge on any atom is 0.248 e. The first-order valence-electron chi connectivity index (χ1n) is 6.15. The predicted molar refractivity (Wildman–Crippen MR) is 66.0 cm³/mol. The highest BCUT2D eigenvalue weighted by molar-refractivity contribution is 5.77. The van der Waals surface area contributed by atoms with Crippen LogP contribution in [0.15, 0.2) is 0 Å². The summed E-state index contributed by atoms with van der Waals surface area (Å²) < 4.78 is 10.0. The van der Waals surface area contributed by atoms with E-state index in [4.69, 9.17) is 9.47 Å². The Morgan fingerprint density at radius 1 is 1.29 bits per heavy atom. The van der Waals surface area contributed by atoms with E-state index in [1.54, 1.807) is 14.2 Å². The molecule has 0 N–H and O–H groups in total. The van der Waals surface area contributed by atoms with Crippen molar-refractivity contribution in [2.75, 3.05) is 54.1 Å². The summed E-state index contributed by atoms with van der Waals surface area (Å²) in [5.41, 5.74) is 0. The van der Waals surface area contributed by atoms with Crippen LogP contribution in [0.3, 0.4) is 0 Å². The molecule has 0 saturated carbocycles. The molecule has 0 atom stereocenters. The molecule has 1 aliphatic heterocycles. The van der Waals surface area contributed by atoms with E-state index in [2.05, 4.69) is 11.9 Å². The SMILES string of the molecule is COCCN(C(=O)COC)C1CCN(C)CC1. The molecule has 0 aromatic rings. The first-order valence-corrected chi connectivity index (χ1v) is 6.15. The molecule has 0 unspecified atom stereocenters. The van der Waals surface area contributed by atoms with Crippen molar-refractivity contribution in [2.24, 2.45) is 0 Å². The van der Waals surface area contributed by atoms with Crippen molar-refractivity contribution >= 4 is 5.91 Å². The molecule has 0 aromatic heterocycles. The lowest BCUT2D eigenvalue weighted by molar-refractivity contribution is -0.139. The molecule has 100 valence electrons. The van der Waals surface area contributed by atoms with Gasteiger partial charge in [-0.2, -0.15) is 0 Å². The number of rotatable bonds is 6. The normalized spacial score (nSPS) is 18.3. The van der Waals surface area contributed by atoms with Gasteiger partial charge in [-0.25, -0.2) is 0 Å². The lowest BCUT2D eigenvalue weighted by Gasteiger charge is -2.37. The highest BCUT2D eigenvalue weighted by Crippen LogP contribution is 2.15. The van der Waals surface area contributed by atoms with Crippen molar-refractivity contribution in [1.82, 2.24) is 9.80 Å². The summed E-state index contributed by atoms with van der Waals surface area (Å²) in [5, 5.41) is 0. The van der Waals surface area contributed by atoms with Crippen LogP contribution < -0.4 is 0 Å². The van der Waals surface area contributed by atoms with E-state index in [0.717, 1.165) is 25.9 Å². The van der Waals surface area contributed by atoms with E-state index < -0.39 is 0 Å². The number of piperidine rings is 1. The van der Waals surface area contributed by atoms with Crippen molar-refractivity contribution in [1.29, 1.82) is 0 Å². The third-order valence-corrected chi connectivity index (χ3v) is 3.25. The van der Waals surface area contributed by atoms with Crippen molar-refractivity contribution < 1.29 is 14.3 Å². The molecule has 1 saturated heterocycles. The van der Waals surface area contributed by atoms with Gasteiger partial charge >= 0.3 is 0 Å². The van der Waals surface area contributed by atoms with Gasteiger partial charge in [0.2, 0.25) is 5.91 Å². The molecular formula is C12H24N2O3. The monoisotopic (exact) mass is 244 g/mol. The molecule has 1 amide bonds. The standard InChI is InChI=1S/C12H24N2O3/c1-13-6-4-11(5-7-13)14(8-9-16-2)12(15)10-17-3/h11H,4-10H2,1-3H3. The average molecular weight is 244 g/mol. The van der Waals surface area contributed by atoms with Crippen LogP contribution in [-0.4, -0.2) is 75.9 Å². The second-order valence-electron chi connectivity index (χ2n) is 4.55. The van der Waals surface area contributed by atoms with Crippen molar-refractivity contribution in [3.63, 3.8) is 0 Å². The van der Waals surface area contributed by atoms with Gasteiger partial charge in [0.25, 0.3) is 0 Å². The zero-order valence-electron chi connectivity index (χ0n) is 11.1. The second kappa shape index (κ2) is 7.63. The van der Waals surface area contributed by atoms with Gasteiger partial charge in [0.15, 0.2) is 0 Å². The number of amides is 1. The topological polar surface area (TPSA) is 42.0 Å². The van der Waals surface area contributed by atoms with E-state index in [9.17, 15) is 4.79 Å². The van der Waals surface area contributed by atoms with Crippen LogP contribution in [0.25, 0.3) is 0 Å². The van der Waals surface area contributed by atoms with Gasteiger partial charge in [0.05, 0.1) is 6.61 Å². The highest BCUT2D eigenvalue weighted by atomic mass is 16.5. The van der Waals surface area contributed by atoms with Crippen LogP contribution in [0.5, 0.6) is 0 Å². The first-order chi connectivity index (χ1) is 8.19. The molecule has 0 spiro atoms. The number of carbonyl (C=O) groups excluding carboxylic acids is 1. The van der Waals surface area contributed by atoms with E-state index >= 15 is 0 Å². The molecule has 0 aromatic carbocycles. The number of carbonyl (C=O) groups is 1. The minimum Gasteiger partial charge on any atom is -0.383 e. The Kier molecular flexibility index (Phi) is 6.47. The van der Waals surface area contributed by atoms with Gasteiger partial charge in [-0.05, 0) is 33.0 Å². The molecule has 1 rings (SSSR count). The lowest BCUT2D eigenvalue weighted by atomic mass is 10.0. The Labute approximate surface area is 104 Å². The van der Waals surface area contributed by atoms with E-state index in [0.29, 0.717) is 19.2 Å². The maximum absolute atomic E-state index is 12.0. The summed E-state index contributed by atoms with van der Waals surface area (Å²) in [6.07, 6.45) is 2.07. The molecule has 5 heteroatoms. The Hall–Kier alpha value is -0.650. The zero-order chi connectivity index (χ0) is 12.7. The van der Waals surface area contributed by atoms with Crippen molar-refractivity contribution in [3.8, 4) is 0 Å². The van der Waals surface area contributed by atoms with Gasteiger partial charge in [-0.15, -0.1) is 0 Å². The quantitative estimate of drug-likeness (QED) is 0.669. The van der Waals surface area contributed by atoms with E-state index in [-0.39, 0.29) is 12.5 Å². The summed E-state index contributed by atoms with van der Waals surface area (Å²) >= 11 is 0. The third-order valence-electron chi connectivity index (χ3n) is 3.25. The van der Waals surface area contributed by atoms with Crippen LogP contribution in [-0.2, 0) is 14.3 Å². The summed E-state index contributed by atoms with van der Waals surface area (Å²) in [7, 11) is 5.33. The Morgan fingerprint density at radius 2 is 1.94 bits per heavy atom. The van der Waals surface area contributed by atoms with Crippen molar-refractivity contribution in [2.45, 2.75) is 18.9 Å². The van der Waals surface area contributed by atoms with Crippen molar-refractivity contribution in [3.05, 3.63) is 0 Å². The largest absolute Gasteiger partial charge is 0.383 e. The summed E-state index contributed by atoms with van der Waals surface area (Å²) in [4.78, 5) is 16.2. The average Bonchev–Trinajstić information content (AvgIpc) is 2.32. The fourth-order valence-corrected chi connectivity index (χ4v) is 2.21. The van der Waals surface area contributed by atoms with Gasteiger partial charge in [0, 0.05) is 26.8 Å². The molecular weight excluding hydrogens is 220 g/mol. The molecule has 17 heavy (non-hydrogen) atoms. The van der Waals surface area contributed by atoms with Crippen LogP contribution in [0.1, 0.15) is 12.8 Å². The first kappa shape index (κ1) is 14.4. The number of ether oxygens (including phenoxy) is 2. The van der Waals surface area contributed by atoms with Crippen LogP contribution in [0.2, 0.25) is 0 Å². The number of hydrogen-bond acceptors (Lipinski definition) is 4. The number of likely N-dealkylation sites (tertiary alicyclic amines) is 1. The maximum atomic E-state index is 12.0. The number of methoxy groups -OCH3 is 2. The number of hydrogen-bond donors (Lipinski definition) is 0. The minimum absolute atomic E-state index is 0.0686. The molecule has 0 radical (unpaired) electrons. The van der Waals surface area contributed by atoms with E-state index in [1.165, 1.54) is 0 Å². The van der Waals surface area contributed by atoms with Crippen LogP contribution in [0, 0.1) is 0 Å². The Bertz CT molecular complexity index is 228. The summed E-state index contributed by atoms with van der Waals surface area (Å²) in [6.45, 7) is 3.51. The van der Waals surface area contributed by atoms with Gasteiger partial charge < -0.3 is 19.3 Å². The molecule has 0 bridgehead atoms. The molecule has 1 fully saturated rings.